The van der Waals surface area contributed by atoms with Crippen LogP contribution in [-0.2, 0) is 0 Å². The number of aromatic amines is 1. The van der Waals surface area contributed by atoms with Gasteiger partial charge in [0.2, 0.25) is 5.88 Å². The summed E-state index contributed by atoms with van der Waals surface area (Å²) in [6, 6.07) is 9.62. The number of fused-ring (bicyclic) bond motifs is 1. The number of rotatable bonds is 6. The Morgan fingerprint density at radius 3 is 2.68 bits per heavy atom. The molecule has 1 aromatic carbocycles. The molecule has 0 fully saturated rings. The molecule has 2 N–H and O–H groups in total. The highest BCUT2D eigenvalue weighted by molar-refractivity contribution is 5.98. The van der Waals surface area contributed by atoms with E-state index in [0.717, 1.165) is 10.9 Å². The lowest BCUT2D eigenvalue weighted by atomic mass is 10.1. The van der Waals surface area contributed by atoms with Crippen LogP contribution in [0.25, 0.3) is 10.9 Å². The minimum atomic E-state index is -4.43. The van der Waals surface area contributed by atoms with Gasteiger partial charge in [0.15, 0.2) is 6.61 Å². The van der Waals surface area contributed by atoms with Crippen LogP contribution in [0.4, 0.5) is 13.2 Å². The summed E-state index contributed by atoms with van der Waals surface area (Å²) >= 11 is 0. The zero-order valence-electron chi connectivity index (χ0n) is 15.1. The van der Waals surface area contributed by atoms with E-state index in [2.05, 4.69) is 20.0 Å². The van der Waals surface area contributed by atoms with Gasteiger partial charge in [-0.25, -0.2) is 4.98 Å². The Hall–Kier alpha value is -3.23. The Morgan fingerprint density at radius 1 is 1.25 bits per heavy atom. The van der Waals surface area contributed by atoms with Crippen LogP contribution in [0.15, 0.2) is 42.6 Å². The molecule has 2 heterocycles. The molecule has 1 atom stereocenters. The van der Waals surface area contributed by atoms with E-state index in [1.807, 2.05) is 12.1 Å². The fraction of sp³-hybridized carbons (Fsp3) is 0.263. The lowest BCUT2D eigenvalue weighted by molar-refractivity contribution is -0.154. The van der Waals surface area contributed by atoms with Crippen LogP contribution in [0.5, 0.6) is 11.6 Å². The van der Waals surface area contributed by atoms with Crippen molar-refractivity contribution in [1.29, 1.82) is 0 Å². The van der Waals surface area contributed by atoms with Crippen molar-refractivity contribution in [3.63, 3.8) is 0 Å². The molecule has 0 aliphatic rings. The van der Waals surface area contributed by atoms with Gasteiger partial charge in [0, 0.05) is 23.2 Å². The maximum Gasteiger partial charge on any atom is 0.422 e. The number of pyridine rings is 1. The minimum Gasteiger partial charge on any atom is -0.497 e. The van der Waals surface area contributed by atoms with Gasteiger partial charge in [0.1, 0.15) is 11.4 Å². The molecule has 0 radical (unpaired) electrons. The van der Waals surface area contributed by atoms with Gasteiger partial charge in [0.05, 0.1) is 13.2 Å². The first-order valence-corrected chi connectivity index (χ1v) is 8.38. The molecule has 9 heteroatoms. The standard InChI is InChI=1S/C19H18F3N3O3/c1-11(12-3-6-17(23-9-12)28-10-19(20,21)22)24-18(26)16-8-13-7-14(27-2)4-5-15(13)25-16/h3-9,11,25H,10H2,1-2H3,(H,24,26)/t11-/m1/s1. The number of carbonyl (C=O) groups is 1. The van der Waals surface area contributed by atoms with Gasteiger partial charge in [-0.05, 0) is 36.8 Å². The highest BCUT2D eigenvalue weighted by atomic mass is 19.4. The van der Waals surface area contributed by atoms with Crippen molar-refractivity contribution < 1.29 is 27.4 Å². The summed E-state index contributed by atoms with van der Waals surface area (Å²) < 4.78 is 46.2. The Kier molecular flexibility index (Phi) is 5.43. The molecule has 3 aromatic rings. The second kappa shape index (κ2) is 7.79. The predicted octanol–water partition coefficient (Wildman–Crippen LogP) is 4.00. The number of benzene rings is 1. The zero-order chi connectivity index (χ0) is 20.3. The van der Waals surface area contributed by atoms with Crippen molar-refractivity contribution in [3.05, 3.63) is 53.9 Å². The average Bonchev–Trinajstić information content (AvgIpc) is 3.09. The number of halogens is 3. The number of amides is 1. The van der Waals surface area contributed by atoms with Crippen LogP contribution < -0.4 is 14.8 Å². The quantitative estimate of drug-likeness (QED) is 0.664. The summed E-state index contributed by atoms with van der Waals surface area (Å²) in [5.74, 6) is 0.231. The molecule has 0 aliphatic carbocycles. The largest absolute Gasteiger partial charge is 0.497 e. The number of nitrogens with zero attached hydrogens (tertiary/aromatic N) is 1. The number of nitrogens with one attached hydrogen (secondary N) is 2. The molecule has 0 spiro atoms. The van der Waals surface area contributed by atoms with Crippen LogP contribution in [-0.4, -0.2) is 35.8 Å². The van der Waals surface area contributed by atoms with E-state index in [4.69, 9.17) is 4.74 Å². The number of hydrogen-bond acceptors (Lipinski definition) is 4. The van der Waals surface area contributed by atoms with Crippen molar-refractivity contribution in [3.8, 4) is 11.6 Å². The number of alkyl halides is 3. The van der Waals surface area contributed by atoms with Gasteiger partial charge < -0.3 is 19.8 Å². The summed E-state index contributed by atoms with van der Waals surface area (Å²) in [7, 11) is 1.57. The smallest absolute Gasteiger partial charge is 0.422 e. The number of carbonyl (C=O) groups excluding carboxylic acids is 1. The van der Waals surface area contributed by atoms with E-state index in [1.54, 1.807) is 32.2 Å². The van der Waals surface area contributed by atoms with Crippen molar-refractivity contribution in [2.45, 2.75) is 19.1 Å². The van der Waals surface area contributed by atoms with E-state index in [1.165, 1.54) is 12.3 Å². The summed E-state index contributed by atoms with van der Waals surface area (Å²) in [5, 5.41) is 3.65. The maximum atomic E-state index is 12.5. The molecule has 0 saturated carbocycles. The molecule has 0 saturated heterocycles. The molecule has 0 bridgehead atoms. The molecule has 0 unspecified atom stereocenters. The molecule has 1 amide bonds. The van der Waals surface area contributed by atoms with Gasteiger partial charge in [-0.3, -0.25) is 4.79 Å². The third kappa shape index (κ3) is 4.73. The molecule has 3 rings (SSSR count). The second-order valence-corrected chi connectivity index (χ2v) is 6.16. The topological polar surface area (TPSA) is 76.2 Å². The van der Waals surface area contributed by atoms with E-state index in [-0.39, 0.29) is 11.8 Å². The fourth-order valence-corrected chi connectivity index (χ4v) is 2.61. The van der Waals surface area contributed by atoms with Crippen molar-refractivity contribution in [1.82, 2.24) is 15.3 Å². The first kappa shape index (κ1) is 19.5. The van der Waals surface area contributed by atoms with Crippen molar-refractivity contribution in [2.24, 2.45) is 0 Å². The van der Waals surface area contributed by atoms with Crippen LogP contribution in [0.2, 0.25) is 0 Å². The van der Waals surface area contributed by atoms with E-state index in [0.29, 0.717) is 17.0 Å². The van der Waals surface area contributed by atoms with E-state index in [9.17, 15) is 18.0 Å². The number of aromatic nitrogens is 2. The normalized spacial score (nSPS) is 12.6. The molecule has 28 heavy (non-hydrogen) atoms. The Labute approximate surface area is 158 Å². The summed E-state index contributed by atoms with van der Waals surface area (Å²) in [6.07, 6.45) is -3.06. The van der Waals surface area contributed by atoms with Gasteiger partial charge in [0.25, 0.3) is 5.91 Å². The number of H-pyrrole nitrogens is 1. The molecule has 2 aromatic heterocycles. The highest BCUT2D eigenvalue weighted by Gasteiger charge is 2.28. The Morgan fingerprint density at radius 2 is 2.04 bits per heavy atom. The third-order valence-corrected chi connectivity index (χ3v) is 4.06. The predicted molar refractivity (Wildman–Crippen MR) is 96.5 cm³/mol. The average molecular weight is 393 g/mol. The summed E-state index contributed by atoms with van der Waals surface area (Å²) in [6.45, 7) is 0.341. The number of hydrogen-bond donors (Lipinski definition) is 2. The lowest BCUT2D eigenvalue weighted by Crippen LogP contribution is -2.27. The maximum absolute atomic E-state index is 12.5. The van der Waals surface area contributed by atoms with Crippen LogP contribution >= 0.6 is 0 Å². The van der Waals surface area contributed by atoms with Crippen LogP contribution in [0.1, 0.15) is 29.0 Å². The number of ether oxygens (including phenoxy) is 2. The first-order valence-electron chi connectivity index (χ1n) is 8.38. The Balaban J connectivity index is 1.65. The molecule has 148 valence electrons. The van der Waals surface area contributed by atoms with E-state index >= 15 is 0 Å². The van der Waals surface area contributed by atoms with Gasteiger partial charge in [-0.2, -0.15) is 13.2 Å². The SMILES string of the molecule is COc1ccc2[nH]c(C(=O)N[C@H](C)c3ccc(OCC(F)(F)F)nc3)cc2c1. The summed E-state index contributed by atoms with van der Waals surface area (Å²) in [5.41, 5.74) is 1.81. The third-order valence-electron chi connectivity index (χ3n) is 4.06. The molecule has 6 nitrogen and oxygen atoms in total. The van der Waals surface area contributed by atoms with Gasteiger partial charge in [-0.1, -0.05) is 6.07 Å². The molecular formula is C19H18F3N3O3. The highest BCUT2D eigenvalue weighted by Crippen LogP contribution is 2.22. The van der Waals surface area contributed by atoms with Crippen LogP contribution in [0, 0.1) is 0 Å². The number of methoxy groups -OCH3 is 1. The molecular weight excluding hydrogens is 375 g/mol. The fourth-order valence-electron chi connectivity index (χ4n) is 2.61. The van der Waals surface area contributed by atoms with Gasteiger partial charge >= 0.3 is 6.18 Å². The lowest BCUT2D eigenvalue weighted by Gasteiger charge is -2.14. The first-order chi connectivity index (χ1) is 13.2. The van der Waals surface area contributed by atoms with Crippen molar-refractivity contribution >= 4 is 16.8 Å². The minimum absolute atomic E-state index is 0.135. The Bertz CT molecular complexity index is 968. The zero-order valence-corrected chi connectivity index (χ0v) is 15.1. The van der Waals surface area contributed by atoms with Crippen LogP contribution in [0.3, 0.4) is 0 Å². The van der Waals surface area contributed by atoms with Crippen molar-refractivity contribution in [2.75, 3.05) is 13.7 Å². The molecule has 0 aliphatic heterocycles. The summed E-state index contributed by atoms with van der Waals surface area (Å²) in [4.78, 5) is 19.4. The second-order valence-electron chi connectivity index (χ2n) is 6.16. The van der Waals surface area contributed by atoms with E-state index < -0.39 is 18.8 Å². The monoisotopic (exact) mass is 393 g/mol. The van der Waals surface area contributed by atoms with Gasteiger partial charge in [-0.15, -0.1) is 0 Å².